The number of carbonyl (C=O) groups is 3. The van der Waals surface area contributed by atoms with E-state index in [1.165, 1.54) is 13.0 Å². The molecule has 0 radical (unpaired) electrons. The second kappa shape index (κ2) is 10.7. The summed E-state index contributed by atoms with van der Waals surface area (Å²) in [5.74, 6) is -1.48. The van der Waals surface area contributed by atoms with Gasteiger partial charge in [-0.15, -0.1) is 11.3 Å². The number of halogens is 2. The number of rotatable bonds is 8. The molecule has 1 amide bonds. The van der Waals surface area contributed by atoms with Crippen molar-refractivity contribution in [1.29, 1.82) is 0 Å². The molecule has 1 N–H and O–H groups in total. The van der Waals surface area contributed by atoms with E-state index in [1.54, 1.807) is 32.9 Å². The van der Waals surface area contributed by atoms with Crippen LogP contribution in [0.4, 0.5) is 5.00 Å². The molecule has 0 aliphatic rings. The van der Waals surface area contributed by atoms with Crippen molar-refractivity contribution < 1.29 is 28.6 Å². The Labute approximate surface area is 188 Å². The van der Waals surface area contributed by atoms with Crippen LogP contribution in [0.15, 0.2) is 18.2 Å². The Balaban J connectivity index is 2.28. The summed E-state index contributed by atoms with van der Waals surface area (Å²) in [4.78, 5) is 37.5. The Hall–Kier alpha value is -2.29. The second-order valence-corrected chi connectivity index (χ2v) is 7.89. The first-order valence-corrected chi connectivity index (χ1v) is 10.7. The maximum Gasteiger partial charge on any atom is 0.348 e. The summed E-state index contributed by atoms with van der Waals surface area (Å²) in [7, 11) is 0. The highest BCUT2D eigenvalue weighted by molar-refractivity contribution is 7.18. The molecule has 2 rings (SSSR count). The van der Waals surface area contributed by atoms with E-state index in [0.717, 1.165) is 11.3 Å². The zero-order valence-corrected chi connectivity index (χ0v) is 19.2. The van der Waals surface area contributed by atoms with Gasteiger partial charge in [0, 0.05) is 5.02 Å². The van der Waals surface area contributed by atoms with Gasteiger partial charge in [0.05, 0.1) is 23.8 Å². The molecule has 1 aromatic carbocycles. The Morgan fingerprint density at radius 1 is 1.10 bits per heavy atom. The van der Waals surface area contributed by atoms with E-state index >= 15 is 0 Å². The summed E-state index contributed by atoms with van der Waals surface area (Å²) in [6, 6.07) is 4.63. The molecule has 0 bridgehead atoms. The summed E-state index contributed by atoms with van der Waals surface area (Å²) >= 11 is 12.9. The monoisotopic (exact) mass is 473 g/mol. The molecule has 0 spiro atoms. The maximum atomic E-state index is 12.7. The topological polar surface area (TPSA) is 90.9 Å². The third kappa shape index (κ3) is 5.65. The lowest BCUT2D eigenvalue weighted by Gasteiger charge is -2.15. The molecular formula is C20H21Cl2NO6S. The molecule has 1 heterocycles. The van der Waals surface area contributed by atoms with Gasteiger partial charge >= 0.3 is 11.9 Å². The SMILES string of the molecule is CCOC(=O)c1sc(NC(=O)[C@@H](C)Oc2ccc(Cl)cc2Cl)c(C(=O)OCC)c1C. The Bertz CT molecular complexity index is 959. The van der Waals surface area contributed by atoms with Gasteiger partial charge in [0.1, 0.15) is 15.6 Å². The number of esters is 2. The first-order chi connectivity index (χ1) is 14.2. The highest BCUT2D eigenvalue weighted by Crippen LogP contribution is 2.35. The summed E-state index contributed by atoms with van der Waals surface area (Å²) < 4.78 is 15.7. The number of benzene rings is 1. The van der Waals surface area contributed by atoms with E-state index in [0.29, 0.717) is 10.6 Å². The fourth-order valence-corrected chi connectivity index (χ4v) is 4.01. The van der Waals surface area contributed by atoms with Crippen LogP contribution < -0.4 is 10.1 Å². The second-order valence-electron chi connectivity index (χ2n) is 6.03. The van der Waals surface area contributed by atoms with Gasteiger partial charge in [0.15, 0.2) is 6.10 Å². The average molecular weight is 474 g/mol. The van der Waals surface area contributed by atoms with Gasteiger partial charge in [0.2, 0.25) is 0 Å². The van der Waals surface area contributed by atoms with Gasteiger partial charge in [-0.1, -0.05) is 23.2 Å². The molecule has 2 aromatic rings. The fraction of sp³-hybridized carbons (Fsp3) is 0.350. The van der Waals surface area contributed by atoms with Gasteiger partial charge in [-0.25, -0.2) is 9.59 Å². The number of carbonyl (C=O) groups excluding carboxylic acids is 3. The normalized spacial score (nSPS) is 11.5. The van der Waals surface area contributed by atoms with E-state index in [-0.39, 0.29) is 39.4 Å². The Kier molecular flexibility index (Phi) is 8.52. The van der Waals surface area contributed by atoms with E-state index in [1.807, 2.05) is 0 Å². The lowest BCUT2D eigenvalue weighted by atomic mass is 10.1. The van der Waals surface area contributed by atoms with E-state index < -0.39 is 23.9 Å². The first kappa shape index (κ1) is 24.0. The molecule has 0 saturated heterocycles. The summed E-state index contributed by atoms with van der Waals surface area (Å²) in [6.07, 6.45) is -0.952. The van der Waals surface area contributed by atoms with Gasteiger partial charge in [-0.2, -0.15) is 0 Å². The predicted molar refractivity (Wildman–Crippen MR) is 116 cm³/mol. The maximum absolute atomic E-state index is 12.7. The van der Waals surface area contributed by atoms with Crippen LogP contribution in [0, 0.1) is 6.92 Å². The molecule has 162 valence electrons. The van der Waals surface area contributed by atoms with Crippen molar-refractivity contribution in [2.45, 2.75) is 33.8 Å². The predicted octanol–water partition coefficient (Wildman–Crippen LogP) is 5.12. The van der Waals surface area contributed by atoms with Gasteiger partial charge < -0.3 is 19.5 Å². The highest BCUT2D eigenvalue weighted by atomic mass is 35.5. The molecule has 1 aromatic heterocycles. The number of amides is 1. The molecule has 0 unspecified atom stereocenters. The molecule has 0 fully saturated rings. The third-order valence-electron chi connectivity index (χ3n) is 3.89. The van der Waals surface area contributed by atoms with Crippen LogP contribution in [0.1, 0.15) is 46.4 Å². The smallest absolute Gasteiger partial charge is 0.348 e. The lowest BCUT2D eigenvalue weighted by molar-refractivity contribution is -0.122. The lowest BCUT2D eigenvalue weighted by Crippen LogP contribution is -2.30. The molecule has 7 nitrogen and oxygen atoms in total. The molecule has 0 aliphatic carbocycles. The minimum absolute atomic E-state index is 0.106. The van der Waals surface area contributed by atoms with Crippen molar-refractivity contribution >= 4 is 57.4 Å². The van der Waals surface area contributed by atoms with Crippen molar-refractivity contribution in [3.05, 3.63) is 44.2 Å². The number of thiophene rings is 1. The van der Waals surface area contributed by atoms with E-state index in [4.69, 9.17) is 37.4 Å². The zero-order chi connectivity index (χ0) is 22.4. The van der Waals surface area contributed by atoms with Gasteiger partial charge in [-0.05, 0) is 51.5 Å². The quantitative estimate of drug-likeness (QED) is 0.534. The van der Waals surface area contributed by atoms with Gasteiger partial charge in [-0.3, -0.25) is 4.79 Å². The number of ether oxygens (including phenoxy) is 3. The summed E-state index contributed by atoms with van der Waals surface area (Å²) in [6.45, 7) is 6.78. The van der Waals surface area contributed by atoms with Crippen LogP contribution in [-0.2, 0) is 14.3 Å². The summed E-state index contributed by atoms with van der Waals surface area (Å²) in [5.41, 5.74) is 0.483. The first-order valence-electron chi connectivity index (χ1n) is 9.09. The largest absolute Gasteiger partial charge is 0.479 e. The third-order valence-corrected chi connectivity index (χ3v) is 5.61. The van der Waals surface area contributed by atoms with Crippen molar-refractivity contribution in [3.8, 4) is 5.75 Å². The van der Waals surface area contributed by atoms with E-state index in [9.17, 15) is 14.4 Å². The number of hydrogen-bond donors (Lipinski definition) is 1. The van der Waals surface area contributed by atoms with Crippen molar-refractivity contribution in [3.63, 3.8) is 0 Å². The molecule has 30 heavy (non-hydrogen) atoms. The molecule has 10 heteroatoms. The fourth-order valence-electron chi connectivity index (χ4n) is 2.47. The van der Waals surface area contributed by atoms with Gasteiger partial charge in [0.25, 0.3) is 5.91 Å². The van der Waals surface area contributed by atoms with Crippen molar-refractivity contribution in [2.24, 2.45) is 0 Å². The van der Waals surface area contributed by atoms with Crippen molar-refractivity contribution in [1.82, 2.24) is 0 Å². The number of hydrogen-bond acceptors (Lipinski definition) is 7. The number of anilines is 1. The molecule has 1 atom stereocenters. The van der Waals surface area contributed by atoms with Crippen LogP contribution in [0.5, 0.6) is 5.75 Å². The highest BCUT2D eigenvalue weighted by Gasteiger charge is 2.28. The standard InChI is InChI=1S/C20H21Cl2NO6S/c1-5-27-19(25)15-10(3)16(20(26)28-6-2)30-18(15)23-17(24)11(4)29-14-8-7-12(21)9-13(14)22/h7-9,11H,5-6H2,1-4H3,(H,23,24)/t11-/m1/s1. The van der Waals surface area contributed by atoms with Crippen LogP contribution in [-0.4, -0.2) is 37.2 Å². The van der Waals surface area contributed by atoms with Crippen molar-refractivity contribution in [2.75, 3.05) is 18.5 Å². The van der Waals surface area contributed by atoms with Crippen LogP contribution >= 0.6 is 34.5 Å². The minimum atomic E-state index is -0.952. The number of nitrogens with one attached hydrogen (secondary N) is 1. The molecule has 0 aliphatic heterocycles. The van der Waals surface area contributed by atoms with Crippen LogP contribution in [0.2, 0.25) is 10.0 Å². The van der Waals surface area contributed by atoms with E-state index in [2.05, 4.69) is 5.32 Å². The van der Waals surface area contributed by atoms with Crippen LogP contribution in [0.25, 0.3) is 0 Å². The van der Waals surface area contributed by atoms with Crippen LogP contribution in [0.3, 0.4) is 0 Å². The Morgan fingerprint density at radius 3 is 2.33 bits per heavy atom. The zero-order valence-electron chi connectivity index (χ0n) is 16.8. The average Bonchev–Trinajstić information content (AvgIpc) is 3.00. The minimum Gasteiger partial charge on any atom is -0.479 e. The Morgan fingerprint density at radius 2 is 1.73 bits per heavy atom. The molecular weight excluding hydrogens is 453 g/mol. The molecule has 0 saturated carbocycles. The summed E-state index contributed by atoms with van der Waals surface area (Å²) in [5, 5.41) is 3.50.